The molecule has 0 radical (unpaired) electrons. The molecule has 25 heavy (non-hydrogen) atoms. The first-order valence-corrected chi connectivity index (χ1v) is 8.44. The second kappa shape index (κ2) is 4.57. The van der Waals surface area contributed by atoms with Crippen LogP contribution in [0.1, 0.15) is 5.56 Å². The molecule has 0 saturated heterocycles. The summed E-state index contributed by atoms with van der Waals surface area (Å²) < 4.78 is 6.94. The standard InChI is InChI=1S/C21H15N4/c1-2-7-16(8-3-1)25-18-10-11-22-12-19(18)24-14-23-13-15-6-4-5-9-17(15)20(23)21(24)25/h1-12,14H,13H2/q+1. The Morgan fingerprint density at radius 3 is 2.64 bits per heavy atom. The van der Waals surface area contributed by atoms with Crippen molar-refractivity contribution in [2.24, 2.45) is 0 Å². The van der Waals surface area contributed by atoms with E-state index in [1.54, 1.807) is 0 Å². The molecule has 0 bridgehead atoms. The van der Waals surface area contributed by atoms with Crippen LogP contribution < -0.4 is 4.57 Å². The van der Waals surface area contributed by atoms with E-state index in [0.717, 1.165) is 12.1 Å². The fourth-order valence-electron chi connectivity index (χ4n) is 4.06. The van der Waals surface area contributed by atoms with Gasteiger partial charge >= 0.3 is 0 Å². The van der Waals surface area contributed by atoms with E-state index in [4.69, 9.17) is 0 Å². The van der Waals surface area contributed by atoms with Crippen LogP contribution in [0.2, 0.25) is 0 Å². The normalized spacial score (nSPS) is 12.6. The lowest BCUT2D eigenvalue weighted by Gasteiger charge is -2.04. The largest absolute Gasteiger partial charge is 0.269 e. The molecule has 0 amide bonds. The van der Waals surface area contributed by atoms with Gasteiger partial charge in [-0.2, -0.15) is 4.40 Å². The van der Waals surface area contributed by atoms with Gasteiger partial charge in [-0.05, 0) is 18.2 Å². The van der Waals surface area contributed by atoms with Crippen molar-refractivity contribution in [1.29, 1.82) is 0 Å². The number of benzene rings is 2. The predicted octanol–water partition coefficient (Wildman–Crippen LogP) is 3.59. The van der Waals surface area contributed by atoms with Gasteiger partial charge in [-0.15, -0.1) is 0 Å². The molecule has 0 aliphatic carbocycles. The Bertz CT molecular complexity index is 1260. The molecule has 0 fully saturated rings. The van der Waals surface area contributed by atoms with E-state index in [0.29, 0.717) is 0 Å². The minimum Gasteiger partial charge on any atom is -0.269 e. The quantitative estimate of drug-likeness (QED) is 0.425. The van der Waals surface area contributed by atoms with E-state index in [-0.39, 0.29) is 0 Å². The minimum atomic E-state index is 0.920. The van der Waals surface area contributed by atoms with Crippen molar-refractivity contribution in [2.45, 2.75) is 6.54 Å². The summed E-state index contributed by atoms with van der Waals surface area (Å²) in [6.45, 7) is 0.920. The second-order valence-corrected chi connectivity index (χ2v) is 6.48. The summed E-state index contributed by atoms with van der Waals surface area (Å²) in [5.41, 5.74) is 8.63. The van der Waals surface area contributed by atoms with Crippen molar-refractivity contribution >= 4 is 16.7 Å². The van der Waals surface area contributed by atoms with Gasteiger partial charge in [0.25, 0.3) is 12.0 Å². The predicted molar refractivity (Wildman–Crippen MR) is 96.8 cm³/mol. The monoisotopic (exact) mass is 323 g/mol. The summed E-state index contributed by atoms with van der Waals surface area (Å²) in [7, 11) is 0. The summed E-state index contributed by atoms with van der Waals surface area (Å²) in [5, 5.41) is 0. The van der Waals surface area contributed by atoms with Gasteiger partial charge in [0, 0.05) is 23.0 Å². The van der Waals surface area contributed by atoms with E-state index >= 15 is 0 Å². The van der Waals surface area contributed by atoms with Crippen LogP contribution in [0.15, 0.2) is 79.4 Å². The van der Waals surface area contributed by atoms with Gasteiger partial charge in [-0.25, -0.2) is 4.57 Å². The molecule has 4 heteroatoms. The van der Waals surface area contributed by atoms with Crippen molar-refractivity contribution in [3.8, 4) is 16.9 Å². The summed E-state index contributed by atoms with van der Waals surface area (Å²) in [6.07, 6.45) is 6.01. The molecule has 0 unspecified atom stereocenters. The summed E-state index contributed by atoms with van der Waals surface area (Å²) in [5.74, 6) is 0. The highest BCUT2D eigenvalue weighted by atomic mass is 15.2. The lowest BCUT2D eigenvalue weighted by molar-refractivity contribution is -0.671. The van der Waals surface area contributed by atoms with Gasteiger partial charge in [-0.3, -0.25) is 9.55 Å². The van der Waals surface area contributed by atoms with E-state index < -0.39 is 0 Å². The average molecular weight is 323 g/mol. The second-order valence-electron chi connectivity index (χ2n) is 6.48. The third-order valence-corrected chi connectivity index (χ3v) is 5.10. The SMILES string of the molecule is c1ccc(-n2c3ccncc3n3c[n+]4c(c23)-c2ccccc2C4)cc1. The van der Waals surface area contributed by atoms with Crippen LogP contribution in [0.5, 0.6) is 0 Å². The first kappa shape index (κ1) is 13.0. The van der Waals surface area contributed by atoms with Crippen LogP contribution in [0.3, 0.4) is 0 Å². The van der Waals surface area contributed by atoms with Crippen LogP contribution >= 0.6 is 0 Å². The van der Waals surface area contributed by atoms with Crippen molar-refractivity contribution in [2.75, 3.05) is 0 Å². The van der Waals surface area contributed by atoms with Crippen LogP contribution in [-0.4, -0.2) is 14.0 Å². The molecule has 6 rings (SSSR count). The highest BCUT2D eigenvalue weighted by Gasteiger charge is 2.33. The molecule has 118 valence electrons. The van der Waals surface area contributed by atoms with E-state index in [1.165, 1.54) is 33.7 Å². The fraction of sp³-hybridized carbons (Fsp3) is 0.0476. The molecule has 0 N–H and O–H groups in total. The van der Waals surface area contributed by atoms with Crippen LogP contribution in [0.25, 0.3) is 33.6 Å². The number of fused-ring (bicyclic) bond motifs is 7. The number of rotatable bonds is 1. The first-order chi connectivity index (χ1) is 12.4. The zero-order valence-corrected chi connectivity index (χ0v) is 13.5. The molecule has 0 spiro atoms. The van der Waals surface area contributed by atoms with Crippen molar-refractivity contribution in [1.82, 2.24) is 14.0 Å². The Hall–Kier alpha value is -3.40. The highest BCUT2D eigenvalue weighted by molar-refractivity contribution is 5.89. The third kappa shape index (κ3) is 1.61. The van der Waals surface area contributed by atoms with Gasteiger partial charge in [0.15, 0.2) is 5.52 Å². The Kier molecular flexibility index (Phi) is 2.37. The molecule has 1 aliphatic rings. The van der Waals surface area contributed by atoms with Crippen molar-refractivity contribution < 1.29 is 4.57 Å². The maximum atomic E-state index is 4.35. The molecule has 2 aromatic carbocycles. The lowest BCUT2D eigenvalue weighted by atomic mass is 10.1. The molecular formula is C21H15N4+. The number of nitrogens with zero attached hydrogens (tertiary/aromatic N) is 4. The Morgan fingerprint density at radius 1 is 0.880 bits per heavy atom. The Labute approximate surface area is 144 Å². The summed E-state index contributed by atoms with van der Waals surface area (Å²) >= 11 is 0. The first-order valence-electron chi connectivity index (χ1n) is 8.44. The fourth-order valence-corrected chi connectivity index (χ4v) is 4.06. The number of pyridine rings is 1. The average Bonchev–Trinajstić information content (AvgIpc) is 3.29. The topological polar surface area (TPSA) is 26.1 Å². The number of imidazole rings is 2. The molecular weight excluding hydrogens is 308 g/mol. The van der Waals surface area contributed by atoms with Crippen LogP contribution in [-0.2, 0) is 6.54 Å². The van der Waals surface area contributed by atoms with Crippen molar-refractivity contribution in [3.05, 3.63) is 84.9 Å². The number of para-hydroxylation sites is 1. The smallest absolute Gasteiger partial charge is 0.260 e. The summed E-state index contributed by atoms with van der Waals surface area (Å²) in [4.78, 5) is 4.35. The molecule has 3 aromatic heterocycles. The van der Waals surface area contributed by atoms with E-state index in [2.05, 4.69) is 85.5 Å². The zero-order valence-electron chi connectivity index (χ0n) is 13.5. The highest BCUT2D eigenvalue weighted by Crippen LogP contribution is 2.35. The molecule has 5 aromatic rings. The maximum absolute atomic E-state index is 4.35. The zero-order chi connectivity index (χ0) is 16.4. The minimum absolute atomic E-state index is 0.920. The van der Waals surface area contributed by atoms with Gasteiger partial charge in [-0.1, -0.05) is 42.5 Å². The molecule has 4 nitrogen and oxygen atoms in total. The Balaban J connectivity index is 1.84. The van der Waals surface area contributed by atoms with Gasteiger partial charge in [0.05, 0.1) is 6.20 Å². The van der Waals surface area contributed by atoms with Crippen LogP contribution in [0.4, 0.5) is 0 Å². The third-order valence-electron chi connectivity index (χ3n) is 5.10. The Morgan fingerprint density at radius 2 is 1.72 bits per heavy atom. The molecule has 4 heterocycles. The molecule has 1 aliphatic heterocycles. The maximum Gasteiger partial charge on any atom is 0.260 e. The van der Waals surface area contributed by atoms with E-state index in [1.807, 2.05) is 12.4 Å². The molecule has 0 saturated carbocycles. The van der Waals surface area contributed by atoms with Gasteiger partial charge in [0.1, 0.15) is 12.1 Å². The number of aromatic nitrogens is 4. The van der Waals surface area contributed by atoms with Gasteiger partial charge in [0.2, 0.25) is 5.69 Å². The number of hydrogen-bond donors (Lipinski definition) is 0. The molecule has 0 atom stereocenters. The lowest BCUT2D eigenvalue weighted by Crippen LogP contribution is -2.29. The van der Waals surface area contributed by atoms with Crippen molar-refractivity contribution in [3.63, 3.8) is 0 Å². The van der Waals surface area contributed by atoms with Gasteiger partial charge < -0.3 is 0 Å². The van der Waals surface area contributed by atoms with E-state index in [9.17, 15) is 0 Å². The number of hydrogen-bond acceptors (Lipinski definition) is 1. The van der Waals surface area contributed by atoms with Crippen LogP contribution in [0, 0.1) is 0 Å². The summed E-state index contributed by atoms with van der Waals surface area (Å²) in [6, 6.07) is 21.3.